The number of carbonyl (C=O) groups excluding carboxylic acids is 1. The number of anilines is 1. The number of aromatic nitrogens is 1. The zero-order valence-electron chi connectivity index (χ0n) is 16.6. The van der Waals surface area contributed by atoms with Crippen molar-refractivity contribution in [2.24, 2.45) is 5.92 Å². The molecule has 3 rings (SSSR count). The molecule has 0 aliphatic carbocycles. The van der Waals surface area contributed by atoms with Gasteiger partial charge >= 0.3 is 0 Å². The molecule has 1 unspecified atom stereocenters. The van der Waals surface area contributed by atoms with Crippen LogP contribution in [0.15, 0.2) is 48.7 Å². The fraction of sp³-hybridized carbons (Fsp3) is 0.455. The number of amides is 1. The van der Waals surface area contributed by atoms with E-state index in [2.05, 4.69) is 29.0 Å². The number of hydrogen-bond donors (Lipinski definition) is 1. The Morgan fingerprint density at radius 2 is 1.82 bits per heavy atom. The van der Waals surface area contributed by atoms with Crippen LogP contribution in [-0.4, -0.2) is 48.5 Å². The molecule has 1 aromatic heterocycles. The van der Waals surface area contributed by atoms with Crippen molar-refractivity contribution in [2.45, 2.75) is 26.3 Å². The fourth-order valence-electron chi connectivity index (χ4n) is 3.63. The van der Waals surface area contributed by atoms with Crippen LogP contribution >= 0.6 is 0 Å². The Morgan fingerprint density at radius 3 is 2.43 bits per heavy atom. The van der Waals surface area contributed by atoms with Gasteiger partial charge in [0.25, 0.3) is 0 Å². The molecule has 1 aromatic carbocycles. The molecule has 0 bridgehead atoms. The van der Waals surface area contributed by atoms with E-state index in [-0.39, 0.29) is 17.8 Å². The van der Waals surface area contributed by atoms with E-state index in [1.807, 2.05) is 35.2 Å². The fourth-order valence-corrected chi connectivity index (χ4v) is 3.63. The third-order valence-corrected chi connectivity index (χ3v) is 5.20. The van der Waals surface area contributed by atoms with Crippen molar-refractivity contribution in [1.29, 1.82) is 0 Å². The molecule has 150 valence electrons. The van der Waals surface area contributed by atoms with E-state index >= 15 is 0 Å². The minimum absolute atomic E-state index is 0.106. The number of benzene rings is 1. The SMILES string of the molecule is CC(C)C(NCCC(=O)N1CCN(c2ccccn2)CC1)c1ccc(F)cc1. The Bertz CT molecular complexity index is 743. The molecule has 5 nitrogen and oxygen atoms in total. The Balaban J connectivity index is 1.45. The van der Waals surface area contributed by atoms with E-state index in [0.717, 1.165) is 37.6 Å². The highest BCUT2D eigenvalue weighted by atomic mass is 19.1. The lowest BCUT2D eigenvalue weighted by Gasteiger charge is -2.35. The van der Waals surface area contributed by atoms with Gasteiger partial charge in [0, 0.05) is 51.4 Å². The first-order chi connectivity index (χ1) is 13.5. The normalized spacial score (nSPS) is 15.7. The maximum Gasteiger partial charge on any atom is 0.223 e. The molecule has 1 N–H and O–H groups in total. The second-order valence-electron chi connectivity index (χ2n) is 7.53. The van der Waals surface area contributed by atoms with Gasteiger partial charge in [0.05, 0.1) is 0 Å². The number of hydrogen-bond acceptors (Lipinski definition) is 4. The lowest BCUT2D eigenvalue weighted by molar-refractivity contribution is -0.131. The first-order valence-corrected chi connectivity index (χ1v) is 9.97. The monoisotopic (exact) mass is 384 g/mol. The molecule has 1 aliphatic rings. The van der Waals surface area contributed by atoms with Crippen LogP contribution in [0.5, 0.6) is 0 Å². The van der Waals surface area contributed by atoms with E-state index in [1.165, 1.54) is 12.1 Å². The summed E-state index contributed by atoms with van der Waals surface area (Å²) in [5, 5.41) is 3.47. The van der Waals surface area contributed by atoms with Crippen molar-refractivity contribution >= 4 is 11.7 Å². The second kappa shape index (κ2) is 9.64. The van der Waals surface area contributed by atoms with Crippen LogP contribution in [0.2, 0.25) is 0 Å². The van der Waals surface area contributed by atoms with E-state index in [1.54, 1.807) is 6.20 Å². The zero-order chi connectivity index (χ0) is 19.9. The van der Waals surface area contributed by atoms with Crippen LogP contribution in [0.1, 0.15) is 31.9 Å². The quantitative estimate of drug-likeness (QED) is 0.796. The first-order valence-electron chi connectivity index (χ1n) is 9.97. The second-order valence-corrected chi connectivity index (χ2v) is 7.53. The van der Waals surface area contributed by atoms with Crippen molar-refractivity contribution in [1.82, 2.24) is 15.2 Å². The molecule has 1 aliphatic heterocycles. The summed E-state index contributed by atoms with van der Waals surface area (Å²) in [5.74, 6) is 1.26. The Hall–Kier alpha value is -2.47. The van der Waals surface area contributed by atoms with Crippen LogP contribution < -0.4 is 10.2 Å². The van der Waals surface area contributed by atoms with Crippen LogP contribution in [0.3, 0.4) is 0 Å². The Morgan fingerprint density at radius 1 is 1.11 bits per heavy atom. The average Bonchev–Trinajstić information content (AvgIpc) is 2.72. The van der Waals surface area contributed by atoms with Crippen molar-refractivity contribution < 1.29 is 9.18 Å². The molecule has 2 aromatic rings. The smallest absolute Gasteiger partial charge is 0.223 e. The number of rotatable bonds is 7. The van der Waals surface area contributed by atoms with Gasteiger partial charge in [-0.25, -0.2) is 9.37 Å². The number of nitrogens with one attached hydrogen (secondary N) is 1. The van der Waals surface area contributed by atoms with Gasteiger partial charge in [-0.2, -0.15) is 0 Å². The van der Waals surface area contributed by atoms with Crippen LogP contribution in [-0.2, 0) is 4.79 Å². The lowest BCUT2D eigenvalue weighted by atomic mass is 9.96. The zero-order valence-corrected chi connectivity index (χ0v) is 16.6. The predicted molar refractivity (Wildman–Crippen MR) is 110 cm³/mol. The molecule has 6 heteroatoms. The number of halogens is 1. The standard InChI is InChI=1S/C22H29FN4O/c1-17(2)22(18-6-8-19(23)9-7-18)25-12-10-21(28)27-15-13-26(14-16-27)20-5-3-4-11-24-20/h3-9,11,17,22,25H,10,12-16H2,1-2H3. The van der Waals surface area contributed by atoms with Gasteiger partial charge in [0.15, 0.2) is 0 Å². The molecule has 28 heavy (non-hydrogen) atoms. The summed E-state index contributed by atoms with van der Waals surface area (Å²) in [6.45, 7) is 7.92. The van der Waals surface area contributed by atoms with E-state index < -0.39 is 0 Å². The van der Waals surface area contributed by atoms with Gasteiger partial charge in [-0.1, -0.05) is 32.0 Å². The number of nitrogens with zero attached hydrogens (tertiary/aromatic N) is 3. The Labute approximate surface area is 166 Å². The molecule has 0 radical (unpaired) electrons. The summed E-state index contributed by atoms with van der Waals surface area (Å²) in [4.78, 5) is 21.1. The summed E-state index contributed by atoms with van der Waals surface area (Å²) >= 11 is 0. The molecule has 0 saturated carbocycles. The summed E-state index contributed by atoms with van der Waals surface area (Å²) in [6.07, 6.45) is 2.26. The van der Waals surface area contributed by atoms with Gasteiger partial charge in [-0.05, 0) is 35.7 Å². The lowest BCUT2D eigenvalue weighted by Crippen LogP contribution is -2.49. The largest absolute Gasteiger partial charge is 0.353 e. The third-order valence-electron chi connectivity index (χ3n) is 5.20. The van der Waals surface area contributed by atoms with Crippen LogP contribution in [0.4, 0.5) is 10.2 Å². The highest BCUT2D eigenvalue weighted by Gasteiger charge is 2.22. The van der Waals surface area contributed by atoms with Gasteiger partial charge in [-0.15, -0.1) is 0 Å². The highest BCUT2D eigenvalue weighted by molar-refractivity contribution is 5.76. The number of piperazine rings is 1. The maximum absolute atomic E-state index is 13.2. The molecule has 0 spiro atoms. The summed E-state index contributed by atoms with van der Waals surface area (Å²) in [7, 11) is 0. The number of carbonyl (C=O) groups is 1. The first kappa shape index (κ1) is 20.3. The molecule has 1 atom stereocenters. The van der Waals surface area contributed by atoms with Gasteiger partial charge in [0.2, 0.25) is 5.91 Å². The molecular weight excluding hydrogens is 355 g/mol. The van der Waals surface area contributed by atoms with E-state index in [4.69, 9.17) is 0 Å². The minimum atomic E-state index is -0.230. The maximum atomic E-state index is 13.2. The number of pyridine rings is 1. The summed E-state index contributed by atoms with van der Waals surface area (Å²) in [6, 6.07) is 12.6. The summed E-state index contributed by atoms with van der Waals surface area (Å²) in [5.41, 5.74) is 1.05. The van der Waals surface area contributed by atoms with Gasteiger partial charge < -0.3 is 15.1 Å². The highest BCUT2D eigenvalue weighted by Crippen LogP contribution is 2.22. The van der Waals surface area contributed by atoms with Crippen molar-refractivity contribution in [3.05, 3.63) is 60.0 Å². The van der Waals surface area contributed by atoms with Crippen molar-refractivity contribution in [2.75, 3.05) is 37.6 Å². The van der Waals surface area contributed by atoms with Gasteiger partial charge in [-0.3, -0.25) is 4.79 Å². The van der Waals surface area contributed by atoms with Gasteiger partial charge in [0.1, 0.15) is 11.6 Å². The van der Waals surface area contributed by atoms with Crippen LogP contribution in [0, 0.1) is 11.7 Å². The average molecular weight is 384 g/mol. The molecule has 1 saturated heterocycles. The van der Waals surface area contributed by atoms with Crippen molar-refractivity contribution in [3.63, 3.8) is 0 Å². The third kappa shape index (κ3) is 5.29. The molecule has 2 heterocycles. The van der Waals surface area contributed by atoms with Crippen molar-refractivity contribution in [3.8, 4) is 0 Å². The molecule has 1 fully saturated rings. The predicted octanol–water partition coefficient (Wildman–Crippen LogP) is 3.25. The molecule has 1 amide bonds. The topological polar surface area (TPSA) is 48.5 Å². The molecular formula is C22H29FN4O. The van der Waals surface area contributed by atoms with E-state index in [0.29, 0.717) is 18.9 Å². The summed E-state index contributed by atoms with van der Waals surface area (Å²) < 4.78 is 13.2. The Kier molecular flexibility index (Phi) is 6.98. The van der Waals surface area contributed by atoms with E-state index in [9.17, 15) is 9.18 Å². The minimum Gasteiger partial charge on any atom is -0.353 e. The van der Waals surface area contributed by atoms with Crippen LogP contribution in [0.25, 0.3) is 0 Å².